The van der Waals surface area contributed by atoms with Gasteiger partial charge in [0, 0.05) is 12.0 Å². The average Bonchev–Trinajstić information content (AvgIpc) is 3.15. The van der Waals surface area contributed by atoms with E-state index in [2.05, 4.69) is 24.3 Å². The van der Waals surface area contributed by atoms with Gasteiger partial charge >= 0.3 is 5.97 Å². The lowest BCUT2D eigenvalue weighted by atomic mass is 9.99. The summed E-state index contributed by atoms with van der Waals surface area (Å²) in [4.78, 5) is 22.7. The number of aromatic nitrogens is 1. The molecule has 0 radical (unpaired) electrons. The van der Waals surface area contributed by atoms with Crippen LogP contribution in [0.25, 0.3) is 0 Å². The molecule has 0 aliphatic rings. The molecule has 2 rings (SSSR count). The maximum Gasteiger partial charge on any atom is 0.371 e. The molecule has 0 fully saturated rings. The normalized spacial score (nSPS) is 10.9. The summed E-state index contributed by atoms with van der Waals surface area (Å²) in [6.45, 7) is 4.19. The van der Waals surface area contributed by atoms with Gasteiger partial charge in [0.25, 0.3) is 5.91 Å². The summed E-state index contributed by atoms with van der Waals surface area (Å²) in [5.74, 6) is -0.980. The zero-order valence-corrected chi connectivity index (χ0v) is 12.5. The van der Waals surface area contributed by atoms with Crippen molar-refractivity contribution in [1.82, 2.24) is 10.5 Å². The Morgan fingerprint density at radius 3 is 2.59 bits per heavy atom. The van der Waals surface area contributed by atoms with E-state index in [0.717, 1.165) is 18.5 Å². The molecule has 2 N–H and O–H groups in total. The molecule has 0 aromatic carbocycles. The van der Waals surface area contributed by atoms with Crippen LogP contribution in [0.3, 0.4) is 0 Å². The smallest absolute Gasteiger partial charge is 0.371 e. The Morgan fingerprint density at radius 1 is 1.27 bits per heavy atom. The highest BCUT2D eigenvalue weighted by atomic mass is 16.5. The van der Waals surface area contributed by atoms with Crippen molar-refractivity contribution in [3.8, 4) is 0 Å². The molecule has 0 unspecified atom stereocenters. The van der Waals surface area contributed by atoms with Crippen molar-refractivity contribution >= 4 is 11.9 Å². The van der Waals surface area contributed by atoms with E-state index in [-0.39, 0.29) is 24.0 Å². The molecule has 2 heterocycles. The van der Waals surface area contributed by atoms with E-state index in [1.807, 2.05) is 0 Å². The molecule has 0 bridgehead atoms. The van der Waals surface area contributed by atoms with Crippen LogP contribution in [-0.4, -0.2) is 22.1 Å². The minimum Gasteiger partial charge on any atom is -0.475 e. The van der Waals surface area contributed by atoms with Crippen LogP contribution in [-0.2, 0) is 6.54 Å². The molecule has 0 saturated heterocycles. The summed E-state index contributed by atoms with van der Waals surface area (Å²) in [6, 6.07) is 4.47. The van der Waals surface area contributed by atoms with Crippen LogP contribution in [0.1, 0.15) is 65.2 Å². The van der Waals surface area contributed by atoms with E-state index >= 15 is 0 Å². The number of carbonyl (C=O) groups is 2. The van der Waals surface area contributed by atoms with Gasteiger partial charge in [-0.2, -0.15) is 0 Å². The van der Waals surface area contributed by atoms with Gasteiger partial charge < -0.3 is 19.4 Å². The zero-order valence-electron chi connectivity index (χ0n) is 12.5. The summed E-state index contributed by atoms with van der Waals surface area (Å²) >= 11 is 0. The lowest BCUT2D eigenvalue weighted by molar-refractivity contribution is 0.0660. The number of carboxylic acids is 1. The third-order valence-corrected chi connectivity index (χ3v) is 3.45. The highest BCUT2D eigenvalue weighted by Gasteiger charge is 2.18. The maximum absolute atomic E-state index is 12.0. The number of nitrogens with one attached hydrogen (secondary N) is 1. The van der Waals surface area contributed by atoms with E-state index in [9.17, 15) is 9.59 Å². The first-order valence-electron chi connectivity index (χ1n) is 7.11. The highest BCUT2D eigenvalue weighted by molar-refractivity contribution is 5.91. The third kappa shape index (κ3) is 3.55. The van der Waals surface area contributed by atoms with Crippen molar-refractivity contribution in [2.45, 2.75) is 39.2 Å². The van der Waals surface area contributed by atoms with Gasteiger partial charge in [-0.3, -0.25) is 4.79 Å². The number of carboxylic acid groups (broad SMARTS) is 1. The molecule has 0 aliphatic carbocycles. The largest absolute Gasteiger partial charge is 0.475 e. The number of nitrogens with zero attached hydrogens (tertiary/aromatic N) is 1. The Balaban J connectivity index is 1.95. The minimum absolute atomic E-state index is 0.0765. The van der Waals surface area contributed by atoms with Crippen LogP contribution >= 0.6 is 0 Å². The average molecular weight is 306 g/mol. The first-order valence-corrected chi connectivity index (χ1v) is 7.11. The van der Waals surface area contributed by atoms with Crippen LogP contribution in [0, 0.1) is 0 Å². The first kappa shape index (κ1) is 15.8. The third-order valence-electron chi connectivity index (χ3n) is 3.45. The second kappa shape index (κ2) is 6.93. The number of aromatic carboxylic acids is 1. The van der Waals surface area contributed by atoms with Gasteiger partial charge in [-0.15, -0.1) is 0 Å². The Labute approximate surface area is 127 Å². The van der Waals surface area contributed by atoms with Gasteiger partial charge in [0.1, 0.15) is 5.76 Å². The SMILES string of the molecule is CCC(CC)c1cc(C(=O)NCc2ccc(C(=O)O)o2)on1. The van der Waals surface area contributed by atoms with Crippen LogP contribution in [0.15, 0.2) is 27.1 Å². The highest BCUT2D eigenvalue weighted by Crippen LogP contribution is 2.22. The summed E-state index contributed by atoms with van der Waals surface area (Å²) in [6.07, 6.45) is 1.85. The van der Waals surface area contributed by atoms with Crippen molar-refractivity contribution in [1.29, 1.82) is 0 Å². The number of hydrogen-bond acceptors (Lipinski definition) is 5. The van der Waals surface area contributed by atoms with Gasteiger partial charge in [-0.05, 0) is 25.0 Å². The summed E-state index contributed by atoms with van der Waals surface area (Å²) in [7, 11) is 0. The van der Waals surface area contributed by atoms with E-state index in [0.29, 0.717) is 5.76 Å². The minimum atomic E-state index is -1.15. The fourth-order valence-electron chi connectivity index (χ4n) is 2.14. The molecule has 7 heteroatoms. The lowest BCUT2D eigenvalue weighted by Crippen LogP contribution is -2.22. The van der Waals surface area contributed by atoms with Crippen LogP contribution < -0.4 is 5.32 Å². The fourth-order valence-corrected chi connectivity index (χ4v) is 2.14. The van der Waals surface area contributed by atoms with Gasteiger partial charge in [0.05, 0.1) is 12.2 Å². The van der Waals surface area contributed by atoms with Crippen LogP contribution in [0.2, 0.25) is 0 Å². The van der Waals surface area contributed by atoms with Crippen LogP contribution in [0.5, 0.6) is 0 Å². The molecular weight excluding hydrogens is 288 g/mol. The molecule has 2 aromatic heterocycles. The van der Waals surface area contributed by atoms with Crippen molar-refractivity contribution < 1.29 is 23.6 Å². The van der Waals surface area contributed by atoms with Gasteiger partial charge in [-0.25, -0.2) is 4.79 Å². The van der Waals surface area contributed by atoms with E-state index in [1.165, 1.54) is 12.1 Å². The number of rotatable bonds is 7. The monoisotopic (exact) mass is 306 g/mol. The second-order valence-electron chi connectivity index (χ2n) is 4.88. The summed E-state index contributed by atoms with van der Waals surface area (Å²) in [5.41, 5.74) is 0.765. The Morgan fingerprint density at radius 2 is 2.00 bits per heavy atom. The first-order chi connectivity index (χ1) is 10.5. The zero-order chi connectivity index (χ0) is 16.1. The van der Waals surface area contributed by atoms with Crippen LogP contribution in [0.4, 0.5) is 0 Å². The van der Waals surface area contributed by atoms with Gasteiger partial charge in [0.2, 0.25) is 11.5 Å². The molecule has 0 saturated carbocycles. The van der Waals surface area contributed by atoms with Gasteiger partial charge in [0.15, 0.2) is 0 Å². The number of furan rings is 1. The number of hydrogen-bond donors (Lipinski definition) is 2. The van der Waals surface area contributed by atoms with E-state index in [1.54, 1.807) is 6.07 Å². The van der Waals surface area contributed by atoms with Crippen molar-refractivity contribution in [2.24, 2.45) is 0 Å². The molecule has 118 valence electrons. The molecule has 7 nitrogen and oxygen atoms in total. The molecule has 0 aliphatic heterocycles. The maximum atomic E-state index is 12.0. The Kier molecular flexibility index (Phi) is 4.98. The molecule has 1 amide bonds. The predicted molar refractivity (Wildman–Crippen MR) is 76.7 cm³/mol. The molecule has 0 spiro atoms. The topological polar surface area (TPSA) is 106 Å². The Bertz CT molecular complexity index is 654. The molecule has 2 aromatic rings. The van der Waals surface area contributed by atoms with E-state index in [4.69, 9.17) is 14.0 Å². The fraction of sp³-hybridized carbons (Fsp3) is 0.400. The standard InChI is InChI=1S/C15H18N2O5/c1-3-9(4-2)11-7-13(22-17-11)14(18)16-8-10-5-6-12(21-10)15(19)20/h5-7,9H,3-4,8H2,1-2H3,(H,16,18)(H,19,20). The van der Waals surface area contributed by atoms with Gasteiger partial charge in [-0.1, -0.05) is 19.0 Å². The van der Waals surface area contributed by atoms with Crippen molar-refractivity contribution in [2.75, 3.05) is 0 Å². The molecule has 22 heavy (non-hydrogen) atoms. The van der Waals surface area contributed by atoms with E-state index < -0.39 is 11.9 Å². The van der Waals surface area contributed by atoms with Crippen molar-refractivity contribution in [3.63, 3.8) is 0 Å². The lowest BCUT2D eigenvalue weighted by Gasteiger charge is -2.05. The number of carbonyl (C=O) groups excluding carboxylic acids is 1. The van der Waals surface area contributed by atoms with Crippen molar-refractivity contribution in [3.05, 3.63) is 41.2 Å². The Hall–Kier alpha value is -2.57. The molecule has 0 atom stereocenters. The summed E-state index contributed by atoms with van der Waals surface area (Å²) in [5, 5.41) is 15.3. The molecular formula is C15H18N2O5. The quantitative estimate of drug-likeness (QED) is 0.814. The summed E-state index contributed by atoms with van der Waals surface area (Å²) < 4.78 is 10.1. The second-order valence-corrected chi connectivity index (χ2v) is 4.88. The number of amides is 1. The predicted octanol–water partition coefficient (Wildman–Crippen LogP) is 2.80.